The van der Waals surface area contributed by atoms with Gasteiger partial charge in [-0.3, -0.25) is 4.79 Å². The summed E-state index contributed by atoms with van der Waals surface area (Å²) < 4.78 is 42.2. The number of nitrogens with one attached hydrogen (secondary N) is 1. The van der Waals surface area contributed by atoms with Crippen molar-refractivity contribution in [1.82, 2.24) is 19.9 Å². The van der Waals surface area contributed by atoms with Crippen molar-refractivity contribution in [3.8, 4) is 17.0 Å². The molecule has 9 nitrogen and oxygen atoms in total. The van der Waals surface area contributed by atoms with Gasteiger partial charge in [-0.15, -0.1) is 0 Å². The number of carboxylic acid groups (broad SMARTS) is 1. The summed E-state index contributed by atoms with van der Waals surface area (Å²) >= 11 is 0. The summed E-state index contributed by atoms with van der Waals surface area (Å²) in [6.45, 7) is 10.9. The number of amides is 1. The van der Waals surface area contributed by atoms with Gasteiger partial charge in [0, 0.05) is 35.0 Å². The van der Waals surface area contributed by atoms with Gasteiger partial charge < -0.3 is 19.9 Å². The van der Waals surface area contributed by atoms with Crippen molar-refractivity contribution in [2.45, 2.75) is 72.6 Å². The Morgan fingerprint density at radius 1 is 1.14 bits per heavy atom. The number of halogens is 2. The van der Waals surface area contributed by atoms with Crippen molar-refractivity contribution < 1.29 is 33.0 Å². The van der Waals surface area contributed by atoms with Gasteiger partial charge in [0.25, 0.3) is 5.91 Å². The minimum absolute atomic E-state index is 0.0205. The second-order valence-electron chi connectivity index (χ2n) is 11.8. The lowest BCUT2D eigenvalue weighted by atomic mass is 9.91. The first-order chi connectivity index (χ1) is 20.2. The molecule has 5 rings (SSSR count). The van der Waals surface area contributed by atoms with E-state index in [1.54, 1.807) is 46.8 Å². The minimum atomic E-state index is -1.47. The van der Waals surface area contributed by atoms with Crippen LogP contribution in [-0.2, 0) is 22.5 Å². The van der Waals surface area contributed by atoms with Crippen molar-refractivity contribution in [3.63, 3.8) is 0 Å². The third-order valence-corrected chi connectivity index (χ3v) is 7.39. The van der Waals surface area contributed by atoms with Gasteiger partial charge in [-0.1, -0.05) is 12.1 Å². The average molecular weight is 593 g/mol. The van der Waals surface area contributed by atoms with Crippen LogP contribution in [0, 0.1) is 32.4 Å². The first kappa shape index (κ1) is 30.1. The first-order valence-corrected chi connectivity index (χ1v) is 14.0. The lowest BCUT2D eigenvalue weighted by Crippen LogP contribution is -2.29. The number of aliphatic carboxylic acids is 1. The highest BCUT2D eigenvalue weighted by Crippen LogP contribution is 2.41. The molecule has 0 aliphatic carbocycles. The molecule has 3 heterocycles. The van der Waals surface area contributed by atoms with Crippen molar-refractivity contribution in [1.29, 1.82) is 0 Å². The Hall–Kier alpha value is -4.38. The van der Waals surface area contributed by atoms with Crippen molar-refractivity contribution in [2.24, 2.45) is 0 Å². The highest BCUT2D eigenvalue weighted by molar-refractivity contribution is 5.93. The molecular weight excluding hydrogens is 558 g/mol. The van der Waals surface area contributed by atoms with E-state index in [2.05, 4.69) is 15.4 Å². The standard InChI is InChI=1S/C32H34F2N4O5/c1-16-12-19(9-10-22(16)33)15-35-30(39)24-14-25-36-18(3)26(29(31(40)41)43-32(4,5)6)27(38(25)37-24)21-13-23(34)28-20(17(21)2)8-7-11-42-28/h9-10,12-14,29H,7-8,11,15H2,1-6H3,(H,35,39)(H,40,41)/t29-/m1/s1. The number of carboxylic acids is 1. The third-order valence-electron chi connectivity index (χ3n) is 7.39. The summed E-state index contributed by atoms with van der Waals surface area (Å²) in [6, 6.07) is 7.36. The molecule has 0 saturated carbocycles. The molecule has 0 saturated heterocycles. The maximum absolute atomic E-state index is 15.5. The molecule has 11 heteroatoms. The van der Waals surface area contributed by atoms with Crippen LogP contribution in [0.1, 0.15) is 77.3 Å². The molecule has 1 atom stereocenters. The van der Waals surface area contributed by atoms with Crippen LogP contribution in [0.5, 0.6) is 5.75 Å². The number of aryl methyl sites for hydroxylation is 2. The second-order valence-corrected chi connectivity index (χ2v) is 11.8. The molecule has 2 N–H and O–H groups in total. The summed E-state index contributed by atoms with van der Waals surface area (Å²) in [6.07, 6.45) is -0.172. The number of ether oxygens (including phenoxy) is 2. The maximum Gasteiger partial charge on any atom is 0.337 e. The topological polar surface area (TPSA) is 115 Å². The molecule has 2 aromatic carbocycles. The van der Waals surface area contributed by atoms with E-state index < -0.39 is 29.4 Å². The Kier molecular flexibility index (Phi) is 7.95. The number of aromatic nitrogens is 3. The second kappa shape index (κ2) is 11.4. The van der Waals surface area contributed by atoms with Crippen LogP contribution in [0.3, 0.4) is 0 Å². The predicted octanol–water partition coefficient (Wildman–Crippen LogP) is 5.80. The quantitative estimate of drug-likeness (QED) is 0.279. The largest absolute Gasteiger partial charge is 0.490 e. The molecule has 1 aliphatic heterocycles. The molecular formula is C32H34F2N4O5. The van der Waals surface area contributed by atoms with Gasteiger partial charge in [-0.2, -0.15) is 5.10 Å². The minimum Gasteiger partial charge on any atom is -0.490 e. The predicted molar refractivity (Wildman–Crippen MR) is 155 cm³/mol. The van der Waals surface area contributed by atoms with E-state index in [1.165, 1.54) is 22.7 Å². The van der Waals surface area contributed by atoms with Crippen molar-refractivity contribution in [2.75, 3.05) is 6.61 Å². The molecule has 1 aliphatic rings. The highest BCUT2D eigenvalue weighted by atomic mass is 19.1. The van der Waals surface area contributed by atoms with Crippen LogP contribution in [-0.4, -0.2) is 43.8 Å². The Morgan fingerprint density at radius 2 is 1.88 bits per heavy atom. The van der Waals surface area contributed by atoms with E-state index in [9.17, 15) is 19.1 Å². The molecule has 4 aromatic rings. The van der Waals surface area contributed by atoms with E-state index in [0.29, 0.717) is 53.0 Å². The SMILES string of the molecule is Cc1cc(CNC(=O)c2cc3nc(C)c([C@@H](OC(C)(C)C)C(=O)O)c(-c4cc(F)c5c(c4C)CCCO5)n3n2)ccc1F. The number of carbonyl (C=O) groups is 2. The lowest BCUT2D eigenvalue weighted by molar-refractivity contribution is -0.160. The summed E-state index contributed by atoms with van der Waals surface area (Å²) in [4.78, 5) is 30.5. The number of carbonyl (C=O) groups excluding carboxylic acids is 1. The van der Waals surface area contributed by atoms with Gasteiger partial charge in [0.15, 0.2) is 29.0 Å². The molecule has 0 radical (unpaired) electrons. The van der Waals surface area contributed by atoms with Gasteiger partial charge in [-0.25, -0.2) is 23.1 Å². The van der Waals surface area contributed by atoms with Gasteiger partial charge in [0.05, 0.1) is 17.9 Å². The summed E-state index contributed by atoms with van der Waals surface area (Å²) in [7, 11) is 0. The normalized spacial score (nSPS) is 13.9. The highest BCUT2D eigenvalue weighted by Gasteiger charge is 2.35. The zero-order chi connectivity index (χ0) is 31.2. The smallest absolute Gasteiger partial charge is 0.337 e. The van der Waals surface area contributed by atoms with Crippen molar-refractivity contribution >= 4 is 17.5 Å². The fraction of sp³-hybridized carbons (Fsp3) is 0.375. The van der Waals surface area contributed by atoms with Gasteiger partial charge in [0.1, 0.15) is 5.82 Å². The number of nitrogens with zero attached hydrogens (tertiary/aromatic N) is 3. The number of rotatable bonds is 7. The fourth-order valence-corrected chi connectivity index (χ4v) is 5.40. The Labute approximate surface area is 247 Å². The number of hydrogen-bond acceptors (Lipinski definition) is 6. The summed E-state index contributed by atoms with van der Waals surface area (Å²) in [5.41, 5.74) is 3.20. The first-order valence-electron chi connectivity index (χ1n) is 14.0. The van der Waals surface area contributed by atoms with Crippen LogP contribution < -0.4 is 10.1 Å². The molecule has 0 bridgehead atoms. The zero-order valence-electron chi connectivity index (χ0n) is 25.0. The fourth-order valence-electron chi connectivity index (χ4n) is 5.40. The maximum atomic E-state index is 15.5. The third kappa shape index (κ3) is 5.94. The Bertz CT molecular complexity index is 1760. The molecule has 0 fully saturated rings. The Balaban J connectivity index is 1.69. The number of hydrogen-bond donors (Lipinski definition) is 2. The Morgan fingerprint density at radius 3 is 2.56 bits per heavy atom. The van der Waals surface area contributed by atoms with Gasteiger partial charge in [-0.05, 0) is 83.2 Å². The molecule has 226 valence electrons. The van der Waals surface area contributed by atoms with Crippen molar-refractivity contribution in [3.05, 3.63) is 81.2 Å². The van der Waals surface area contributed by atoms with E-state index in [-0.39, 0.29) is 40.7 Å². The molecule has 2 aromatic heterocycles. The number of fused-ring (bicyclic) bond motifs is 2. The van der Waals surface area contributed by atoms with Crippen LogP contribution in [0.4, 0.5) is 8.78 Å². The molecule has 0 spiro atoms. The van der Waals surface area contributed by atoms with Crippen LogP contribution in [0.15, 0.2) is 30.3 Å². The van der Waals surface area contributed by atoms with E-state index in [4.69, 9.17) is 9.47 Å². The lowest BCUT2D eigenvalue weighted by Gasteiger charge is -2.28. The summed E-state index contributed by atoms with van der Waals surface area (Å²) in [5, 5.41) is 17.6. The zero-order valence-corrected chi connectivity index (χ0v) is 25.0. The van der Waals surface area contributed by atoms with E-state index >= 15 is 4.39 Å². The molecule has 1 amide bonds. The van der Waals surface area contributed by atoms with Gasteiger partial charge >= 0.3 is 5.97 Å². The summed E-state index contributed by atoms with van der Waals surface area (Å²) in [5.74, 6) is -2.49. The monoisotopic (exact) mass is 592 g/mol. The van der Waals surface area contributed by atoms with E-state index in [0.717, 1.165) is 0 Å². The molecule has 43 heavy (non-hydrogen) atoms. The average Bonchev–Trinajstić information content (AvgIpc) is 3.37. The van der Waals surface area contributed by atoms with Crippen LogP contribution >= 0.6 is 0 Å². The van der Waals surface area contributed by atoms with Crippen LogP contribution in [0.25, 0.3) is 16.9 Å². The van der Waals surface area contributed by atoms with Crippen LogP contribution in [0.2, 0.25) is 0 Å². The molecule has 0 unspecified atom stereocenters. The van der Waals surface area contributed by atoms with E-state index in [1.807, 2.05) is 6.92 Å². The number of benzene rings is 2. The van der Waals surface area contributed by atoms with Gasteiger partial charge in [0.2, 0.25) is 0 Å².